The maximum absolute atomic E-state index is 12.6. The second kappa shape index (κ2) is 6.71. The SMILES string of the molecule is C[C@@H](OC(=O)[C@H]1CSC(C)(C)C(=O)N1)C(=O)N1CCc2ccccc21. The van der Waals surface area contributed by atoms with E-state index in [0.29, 0.717) is 12.3 Å². The monoisotopic (exact) mass is 362 g/mol. The Labute approximate surface area is 151 Å². The molecule has 134 valence electrons. The van der Waals surface area contributed by atoms with E-state index in [2.05, 4.69) is 5.32 Å². The van der Waals surface area contributed by atoms with E-state index >= 15 is 0 Å². The number of thioether (sulfide) groups is 1. The van der Waals surface area contributed by atoms with Crippen LogP contribution in [0.25, 0.3) is 0 Å². The van der Waals surface area contributed by atoms with Crippen LogP contribution in [0, 0.1) is 0 Å². The zero-order valence-corrected chi connectivity index (χ0v) is 15.4. The summed E-state index contributed by atoms with van der Waals surface area (Å²) in [6.07, 6.45) is -0.0945. The predicted octanol–water partition coefficient (Wildman–Crippen LogP) is 1.52. The summed E-state index contributed by atoms with van der Waals surface area (Å²) in [4.78, 5) is 38.6. The zero-order valence-electron chi connectivity index (χ0n) is 14.6. The van der Waals surface area contributed by atoms with Gasteiger partial charge >= 0.3 is 5.97 Å². The van der Waals surface area contributed by atoms with Crippen LogP contribution in [0.1, 0.15) is 26.3 Å². The molecule has 2 atom stereocenters. The minimum atomic E-state index is -0.893. The van der Waals surface area contributed by atoms with Crippen molar-refractivity contribution >= 4 is 35.2 Å². The minimum absolute atomic E-state index is 0.196. The summed E-state index contributed by atoms with van der Waals surface area (Å²) in [7, 11) is 0. The molecule has 0 aliphatic carbocycles. The van der Waals surface area contributed by atoms with Crippen molar-refractivity contribution in [3.05, 3.63) is 29.8 Å². The fourth-order valence-corrected chi connectivity index (χ4v) is 3.94. The van der Waals surface area contributed by atoms with Gasteiger partial charge in [0.1, 0.15) is 6.04 Å². The standard InChI is InChI=1S/C18H22N2O4S/c1-11(15(21)20-9-8-12-6-4-5-7-14(12)20)24-16(22)13-10-25-18(2,3)17(23)19-13/h4-7,11,13H,8-10H2,1-3H3,(H,19,23)/t11-,13-/m1/s1. The number of benzene rings is 1. The van der Waals surface area contributed by atoms with Gasteiger partial charge in [0.25, 0.3) is 5.91 Å². The number of carbonyl (C=O) groups excluding carboxylic acids is 3. The van der Waals surface area contributed by atoms with Crippen LogP contribution in [0.15, 0.2) is 24.3 Å². The van der Waals surface area contributed by atoms with Gasteiger partial charge in [0.05, 0.1) is 4.75 Å². The van der Waals surface area contributed by atoms with Crippen molar-refractivity contribution in [2.45, 2.75) is 44.1 Å². The molecule has 0 spiro atoms. The summed E-state index contributed by atoms with van der Waals surface area (Å²) < 4.78 is 4.78. The van der Waals surface area contributed by atoms with Crippen LogP contribution in [0.5, 0.6) is 0 Å². The van der Waals surface area contributed by atoms with Gasteiger partial charge in [-0.2, -0.15) is 0 Å². The van der Waals surface area contributed by atoms with Crippen molar-refractivity contribution in [1.82, 2.24) is 5.32 Å². The molecule has 1 fully saturated rings. The number of hydrogen-bond donors (Lipinski definition) is 1. The molecule has 1 saturated heterocycles. The molecule has 6 nitrogen and oxygen atoms in total. The number of nitrogens with one attached hydrogen (secondary N) is 1. The summed E-state index contributed by atoms with van der Waals surface area (Å²) in [5.41, 5.74) is 1.99. The van der Waals surface area contributed by atoms with Crippen LogP contribution in [-0.4, -0.2) is 47.0 Å². The Morgan fingerprint density at radius 1 is 1.36 bits per heavy atom. The Balaban J connectivity index is 1.61. The lowest BCUT2D eigenvalue weighted by Crippen LogP contribution is -2.55. The number of ether oxygens (including phenoxy) is 1. The molecule has 3 rings (SSSR count). The Kier molecular flexibility index (Phi) is 4.77. The van der Waals surface area contributed by atoms with Gasteiger partial charge in [-0.25, -0.2) is 4.79 Å². The maximum Gasteiger partial charge on any atom is 0.330 e. The zero-order chi connectivity index (χ0) is 18.2. The number of amides is 2. The van der Waals surface area contributed by atoms with Crippen molar-refractivity contribution in [3.63, 3.8) is 0 Å². The lowest BCUT2D eigenvalue weighted by molar-refractivity contribution is -0.156. The quantitative estimate of drug-likeness (QED) is 0.825. The molecule has 2 aliphatic rings. The second-order valence-corrected chi connectivity index (χ2v) is 8.44. The molecule has 0 bridgehead atoms. The molecular weight excluding hydrogens is 340 g/mol. The fourth-order valence-electron chi connectivity index (χ4n) is 2.95. The van der Waals surface area contributed by atoms with Gasteiger partial charge in [-0.15, -0.1) is 11.8 Å². The van der Waals surface area contributed by atoms with E-state index in [1.165, 1.54) is 11.8 Å². The molecule has 2 aliphatic heterocycles. The third-order valence-electron chi connectivity index (χ3n) is 4.54. The topological polar surface area (TPSA) is 75.7 Å². The highest BCUT2D eigenvalue weighted by atomic mass is 32.2. The van der Waals surface area contributed by atoms with Crippen molar-refractivity contribution in [1.29, 1.82) is 0 Å². The Morgan fingerprint density at radius 3 is 2.80 bits per heavy atom. The van der Waals surface area contributed by atoms with E-state index in [0.717, 1.165) is 17.7 Å². The van der Waals surface area contributed by atoms with E-state index in [4.69, 9.17) is 4.74 Å². The second-order valence-electron chi connectivity index (χ2n) is 6.80. The highest BCUT2D eigenvalue weighted by Crippen LogP contribution is 2.30. The van der Waals surface area contributed by atoms with Crippen LogP contribution >= 0.6 is 11.8 Å². The van der Waals surface area contributed by atoms with Crippen LogP contribution in [0.3, 0.4) is 0 Å². The summed E-state index contributed by atoms with van der Waals surface area (Å²) in [6.45, 7) is 5.78. The van der Waals surface area contributed by atoms with Crippen molar-refractivity contribution in [2.75, 3.05) is 17.2 Å². The molecule has 1 aromatic carbocycles. The molecule has 0 saturated carbocycles. The van der Waals surface area contributed by atoms with E-state index in [-0.39, 0.29) is 11.8 Å². The van der Waals surface area contributed by atoms with Gasteiger partial charge in [0, 0.05) is 18.0 Å². The summed E-state index contributed by atoms with van der Waals surface area (Å²) in [5.74, 6) is -0.568. The van der Waals surface area contributed by atoms with Gasteiger partial charge in [0.15, 0.2) is 6.10 Å². The fraction of sp³-hybridized carbons (Fsp3) is 0.500. The minimum Gasteiger partial charge on any atom is -0.451 e. The molecular formula is C18H22N2O4S. The molecule has 7 heteroatoms. The van der Waals surface area contributed by atoms with Gasteiger partial charge < -0.3 is 15.0 Å². The predicted molar refractivity (Wildman–Crippen MR) is 96.5 cm³/mol. The molecule has 0 radical (unpaired) electrons. The van der Waals surface area contributed by atoms with E-state index in [1.807, 2.05) is 38.1 Å². The molecule has 0 unspecified atom stereocenters. The maximum atomic E-state index is 12.6. The Bertz CT molecular complexity index is 719. The smallest absolute Gasteiger partial charge is 0.330 e. The van der Waals surface area contributed by atoms with Crippen molar-refractivity contribution in [2.24, 2.45) is 0 Å². The van der Waals surface area contributed by atoms with E-state index in [1.54, 1.807) is 11.8 Å². The van der Waals surface area contributed by atoms with E-state index < -0.39 is 22.9 Å². The number of para-hydroxylation sites is 1. The molecule has 1 N–H and O–H groups in total. The van der Waals surface area contributed by atoms with Gasteiger partial charge in [-0.3, -0.25) is 9.59 Å². The lowest BCUT2D eigenvalue weighted by Gasteiger charge is -2.33. The summed E-state index contributed by atoms with van der Waals surface area (Å²) >= 11 is 1.41. The summed E-state index contributed by atoms with van der Waals surface area (Å²) in [6, 6.07) is 7.01. The number of fused-ring (bicyclic) bond motifs is 1. The van der Waals surface area contributed by atoms with Crippen molar-refractivity contribution < 1.29 is 19.1 Å². The van der Waals surface area contributed by atoms with Crippen LogP contribution < -0.4 is 10.2 Å². The largest absolute Gasteiger partial charge is 0.451 e. The average Bonchev–Trinajstić information content (AvgIpc) is 3.00. The number of rotatable bonds is 3. The first-order chi connectivity index (χ1) is 11.8. The van der Waals surface area contributed by atoms with Gasteiger partial charge in [-0.05, 0) is 38.8 Å². The first kappa shape index (κ1) is 17.8. The third kappa shape index (κ3) is 3.51. The lowest BCUT2D eigenvalue weighted by atomic mass is 10.1. The first-order valence-corrected chi connectivity index (χ1v) is 9.33. The van der Waals surface area contributed by atoms with Crippen LogP contribution in [-0.2, 0) is 25.5 Å². The number of anilines is 1. The van der Waals surface area contributed by atoms with Crippen molar-refractivity contribution in [3.8, 4) is 0 Å². The van der Waals surface area contributed by atoms with Crippen LogP contribution in [0.2, 0.25) is 0 Å². The Hall–Kier alpha value is -2.02. The highest BCUT2D eigenvalue weighted by Gasteiger charge is 2.39. The highest BCUT2D eigenvalue weighted by molar-refractivity contribution is 8.01. The number of hydrogen-bond acceptors (Lipinski definition) is 5. The van der Waals surface area contributed by atoms with Gasteiger partial charge in [-0.1, -0.05) is 18.2 Å². The average molecular weight is 362 g/mol. The normalized spacial score (nSPS) is 22.8. The third-order valence-corrected chi connectivity index (χ3v) is 5.95. The van der Waals surface area contributed by atoms with Crippen LogP contribution in [0.4, 0.5) is 5.69 Å². The molecule has 1 aromatic rings. The molecule has 2 amide bonds. The summed E-state index contributed by atoms with van der Waals surface area (Å²) in [5, 5.41) is 2.68. The number of esters is 1. The van der Waals surface area contributed by atoms with E-state index in [9.17, 15) is 14.4 Å². The number of carbonyl (C=O) groups is 3. The molecule has 0 aromatic heterocycles. The van der Waals surface area contributed by atoms with Gasteiger partial charge in [0.2, 0.25) is 5.91 Å². The Morgan fingerprint density at radius 2 is 2.08 bits per heavy atom. The first-order valence-electron chi connectivity index (χ1n) is 8.34. The molecule has 2 heterocycles. The number of nitrogens with zero attached hydrogens (tertiary/aromatic N) is 1. The molecule has 25 heavy (non-hydrogen) atoms.